The normalized spacial score (nSPS) is 16.5. The van der Waals surface area contributed by atoms with Gasteiger partial charge in [0.1, 0.15) is 0 Å². The number of benzene rings is 1. The van der Waals surface area contributed by atoms with Crippen LogP contribution in [0.3, 0.4) is 0 Å². The van der Waals surface area contributed by atoms with Gasteiger partial charge in [0.05, 0.1) is 6.54 Å². The zero-order valence-corrected chi connectivity index (χ0v) is 17.0. The molecular formula is C21H36N4O. The fourth-order valence-corrected chi connectivity index (χ4v) is 3.68. The van der Waals surface area contributed by atoms with Gasteiger partial charge in [-0.1, -0.05) is 25.0 Å². The average molecular weight is 361 g/mol. The van der Waals surface area contributed by atoms with Crippen LogP contribution in [0.2, 0.25) is 0 Å². The molecule has 0 unspecified atom stereocenters. The van der Waals surface area contributed by atoms with E-state index < -0.39 is 0 Å². The molecule has 0 aromatic heterocycles. The first kappa shape index (κ1) is 20.6. The quantitative estimate of drug-likeness (QED) is 0.523. The van der Waals surface area contributed by atoms with E-state index in [1.807, 2.05) is 0 Å². The predicted octanol–water partition coefficient (Wildman–Crippen LogP) is 3.40. The van der Waals surface area contributed by atoms with Crippen molar-refractivity contribution in [2.75, 3.05) is 45.8 Å². The van der Waals surface area contributed by atoms with E-state index in [0.717, 1.165) is 32.1 Å². The third-order valence-electron chi connectivity index (χ3n) is 5.32. The molecule has 0 radical (unpaired) electrons. The molecule has 1 fully saturated rings. The first-order chi connectivity index (χ1) is 12.6. The second-order valence-corrected chi connectivity index (χ2v) is 7.56. The van der Waals surface area contributed by atoms with Gasteiger partial charge in [0.2, 0.25) is 0 Å². The van der Waals surface area contributed by atoms with Crippen molar-refractivity contribution in [1.29, 1.82) is 0 Å². The number of anilines is 1. The monoisotopic (exact) mass is 360 g/mol. The van der Waals surface area contributed by atoms with E-state index >= 15 is 0 Å². The number of hydrogen-bond donors (Lipinski definition) is 2. The van der Waals surface area contributed by atoms with Crippen molar-refractivity contribution in [1.82, 2.24) is 10.6 Å². The minimum atomic E-state index is 0.358. The summed E-state index contributed by atoms with van der Waals surface area (Å²) in [4.78, 5) is 6.92. The van der Waals surface area contributed by atoms with Gasteiger partial charge in [0.15, 0.2) is 5.96 Å². The number of rotatable bonds is 9. The molecule has 0 aliphatic heterocycles. The molecule has 0 spiro atoms. The van der Waals surface area contributed by atoms with E-state index in [9.17, 15) is 0 Å². The molecular weight excluding hydrogens is 324 g/mol. The van der Waals surface area contributed by atoms with Crippen LogP contribution in [0.1, 0.15) is 44.6 Å². The van der Waals surface area contributed by atoms with Crippen LogP contribution in [-0.2, 0) is 11.3 Å². The highest BCUT2D eigenvalue weighted by Crippen LogP contribution is 2.40. The fourth-order valence-electron chi connectivity index (χ4n) is 3.68. The lowest BCUT2D eigenvalue weighted by Crippen LogP contribution is -2.43. The number of guanidine groups is 1. The van der Waals surface area contributed by atoms with Gasteiger partial charge in [-0.05, 0) is 49.3 Å². The smallest absolute Gasteiger partial charge is 0.191 e. The third kappa shape index (κ3) is 6.20. The van der Waals surface area contributed by atoms with Crippen molar-refractivity contribution in [3.05, 3.63) is 29.8 Å². The van der Waals surface area contributed by atoms with Crippen molar-refractivity contribution in [2.45, 2.75) is 45.6 Å². The number of methoxy groups -OCH3 is 1. The molecule has 2 rings (SSSR count). The van der Waals surface area contributed by atoms with E-state index in [-0.39, 0.29) is 0 Å². The molecule has 1 aromatic carbocycles. The molecule has 1 aliphatic carbocycles. The summed E-state index contributed by atoms with van der Waals surface area (Å²) < 4.78 is 5.34. The van der Waals surface area contributed by atoms with E-state index in [2.05, 4.69) is 60.8 Å². The van der Waals surface area contributed by atoms with Crippen LogP contribution in [0, 0.1) is 5.41 Å². The minimum Gasteiger partial charge on any atom is -0.385 e. The largest absolute Gasteiger partial charge is 0.385 e. The van der Waals surface area contributed by atoms with Crippen molar-refractivity contribution < 1.29 is 4.74 Å². The number of nitrogens with zero attached hydrogens (tertiary/aromatic N) is 2. The molecule has 146 valence electrons. The maximum absolute atomic E-state index is 5.34. The molecule has 0 heterocycles. The Morgan fingerprint density at radius 3 is 2.65 bits per heavy atom. The zero-order chi connectivity index (χ0) is 18.8. The van der Waals surface area contributed by atoms with Crippen LogP contribution in [0.4, 0.5) is 5.69 Å². The molecule has 0 bridgehead atoms. The summed E-state index contributed by atoms with van der Waals surface area (Å²) in [7, 11) is 5.92. The summed E-state index contributed by atoms with van der Waals surface area (Å²) in [6.07, 6.45) is 6.36. The lowest BCUT2D eigenvalue weighted by atomic mass is 9.83. The van der Waals surface area contributed by atoms with Gasteiger partial charge in [-0.3, -0.25) is 0 Å². The number of nitrogens with one attached hydrogen (secondary N) is 2. The van der Waals surface area contributed by atoms with E-state index in [1.165, 1.54) is 36.9 Å². The van der Waals surface area contributed by atoms with Crippen LogP contribution in [0.25, 0.3) is 0 Å². The van der Waals surface area contributed by atoms with Gasteiger partial charge in [-0.2, -0.15) is 0 Å². The van der Waals surface area contributed by atoms with Crippen LogP contribution in [0.15, 0.2) is 29.3 Å². The van der Waals surface area contributed by atoms with Crippen molar-refractivity contribution in [2.24, 2.45) is 10.4 Å². The Kier molecular flexibility index (Phi) is 8.23. The van der Waals surface area contributed by atoms with Crippen LogP contribution in [-0.4, -0.2) is 46.9 Å². The lowest BCUT2D eigenvalue weighted by Gasteiger charge is -2.30. The minimum absolute atomic E-state index is 0.358. The topological polar surface area (TPSA) is 48.9 Å². The van der Waals surface area contributed by atoms with Gasteiger partial charge in [0.25, 0.3) is 0 Å². The molecule has 1 aromatic rings. The third-order valence-corrected chi connectivity index (χ3v) is 5.32. The van der Waals surface area contributed by atoms with Crippen LogP contribution < -0.4 is 15.5 Å². The van der Waals surface area contributed by atoms with E-state index in [4.69, 9.17) is 9.73 Å². The molecule has 26 heavy (non-hydrogen) atoms. The number of aliphatic imine (C=N–C) groups is 1. The van der Waals surface area contributed by atoms with Crippen molar-refractivity contribution in [3.63, 3.8) is 0 Å². The maximum Gasteiger partial charge on any atom is 0.191 e. The number of ether oxygens (including phenoxy) is 1. The van der Waals surface area contributed by atoms with Gasteiger partial charge >= 0.3 is 0 Å². The Hall–Kier alpha value is -1.75. The summed E-state index contributed by atoms with van der Waals surface area (Å²) >= 11 is 0. The van der Waals surface area contributed by atoms with Gasteiger partial charge < -0.3 is 20.3 Å². The molecule has 2 N–H and O–H groups in total. The highest BCUT2D eigenvalue weighted by molar-refractivity contribution is 5.79. The molecule has 0 saturated heterocycles. The van der Waals surface area contributed by atoms with E-state index in [0.29, 0.717) is 12.0 Å². The summed E-state index contributed by atoms with van der Waals surface area (Å²) in [5, 5.41) is 6.98. The standard InChI is InChI=1S/C21H36N4O/c1-5-22-20(23-16-18-9-8-10-19(15-18)25(2)3)24-17-21(13-14-26-4)11-6-7-12-21/h8-10,15H,5-7,11-14,16-17H2,1-4H3,(H2,22,23,24). The van der Waals surface area contributed by atoms with Gasteiger partial charge in [-0.25, -0.2) is 4.99 Å². The summed E-state index contributed by atoms with van der Waals surface area (Å²) in [6, 6.07) is 8.55. The Morgan fingerprint density at radius 1 is 1.23 bits per heavy atom. The van der Waals surface area contributed by atoms with Crippen LogP contribution in [0.5, 0.6) is 0 Å². The maximum atomic E-state index is 5.34. The summed E-state index contributed by atoms with van der Waals surface area (Å²) in [6.45, 7) is 5.48. The fraction of sp³-hybridized carbons (Fsp3) is 0.667. The molecule has 5 nitrogen and oxygen atoms in total. The SMILES string of the molecule is CCNC(=NCc1cccc(N(C)C)c1)NCC1(CCOC)CCCC1. The average Bonchev–Trinajstić information content (AvgIpc) is 3.12. The Bertz CT molecular complexity index is 565. The zero-order valence-electron chi connectivity index (χ0n) is 17.0. The Morgan fingerprint density at radius 2 is 2.00 bits per heavy atom. The molecule has 1 aliphatic rings. The van der Waals surface area contributed by atoms with Gasteiger partial charge in [0, 0.05) is 46.6 Å². The van der Waals surface area contributed by atoms with Crippen molar-refractivity contribution >= 4 is 11.6 Å². The molecule has 0 amide bonds. The van der Waals surface area contributed by atoms with E-state index in [1.54, 1.807) is 7.11 Å². The molecule has 1 saturated carbocycles. The first-order valence-electron chi connectivity index (χ1n) is 9.86. The summed E-state index contributed by atoms with van der Waals surface area (Å²) in [5.74, 6) is 0.909. The predicted molar refractivity (Wildman–Crippen MR) is 111 cm³/mol. The van der Waals surface area contributed by atoms with Gasteiger partial charge in [-0.15, -0.1) is 0 Å². The second kappa shape index (κ2) is 10.4. The lowest BCUT2D eigenvalue weighted by molar-refractivity contribution is 0.138. The highest BCUT2D eigenvalue weighted by Gasteiger charge is 2.33. The number of hydrogen-bond acceptors (Lipinski definition) is 3. The Balaban J connectivity index is 1.98. The summed E-state index contributed by atoms with van der Waals surface area (Å²) in [5.41, 5.74) is 2.79. The van der Waals surface area contributed by atoms with Crippen molar-refractivity contribution in [3.8, 4) is 0 Å². The molecule has 0 atom stereocenters. The van der Waals surface area contributed by atoms with Crippen LogP contribution >= 0.6 is 0 Å². The molecule has 5 heteroatoms. The Labute approximate surface area is 159 Å². The second-order valence-electron chi connectivity index (χ2n) is 7.56. The highest BCUT2D eigenvalue weighted by atomic mass is 16.5. The first-order valence-corrected chi connectivity index (χ1v) is 9.86.